The average Bonchev–Trinajstić information content (AvgIpc) is 2.76. The van der Waals surface area contributed by atoms with Crippen LogP contribution in [0.5, 0.6) is 0 Å². The van der Waals surface area contributed by atoms with Crippen molar-refractivity contribution < 1.29 is 23.7 Å². The number of anilines is 1. The summed E-state index contributed by atoms with van der Waals surface area (Å²) in [6.07, 6.45) is 0.433. The Hall–Kier alpha value is -3.04. The molecule has 0 bridgehead atoms. The number of carbonyl (C=O) groups excluding carboxylic acids is 3. The van der Waals surface area contributed by atoms with E-state index in [1.165, 1.54) is 0 Å². The molecule has 0 spiro atoms. The fourth-order valence-electron chi connectivity index (χ4n) is 2.41. The number of imide groups is 1. The van der Waals surface area contributed by atoms with E-state index in [0.29, 0.717) is 6.42 Å². The van der Waals surface area contributed by atoms with Gasteiger partial charge in [0.25, 0.3) is 11.6 Å². The number of nitro groups is 1. The predicted molar refractivity (Wildman–Crippen MR) is 85.2 cm³/mol. The zero-order chi connectivity index (χ0) is 18.7. The maximum absolute atomic E-state index is 13.7. The Morgan fingerprint density at radius 1 is 1.44 bits per heavy atom. The van der Waals surface area contributed by atoms with E-state index in [1.807, 2.05) is 13.8 Å². The zero-order valence-electron chi connectivity index (χ0n) is 13.6. The largest absolute Gasteiger partial charge is 0.326 e. The van der Waals surface area contributed by atoms with Crippen molar-refractivity contribution in [1.29, 1.82) is 0 Å². The number of urea groups is 1. The van der Waals surface area contributed by atoms with Gasteiger partial charge in [0, 0.05) is 12.1 Å². The van der Waals surface area contributed by atoms with Gasteiger partial charge in [0.15, 0.2) is 0 Å². The first-order chi connectivity index (χ1) is 11.7. The Labute approximate surface area is 142 Å². The highest BCUT2D eigenvalue weighted by molar-refractivity contribution is 6.07. The van der Waals surface area contributed by atoms with Crippen molar-refractivity contribution in [3.05, 3.63) is 34.1 Å². The minimum absolute atomic E-state index is 0.169. The third kappa shape index (κ3) is 4.28. The van der Waals surface area contributed by atoms with Crippen molar-refractivity contribution in [2.45, 2.75) is 26.3 Å². The molecule has 0 unspecified atom stereocenters. The highest BCUT2D eigenvalue weighted by Crippen LogP contribution is 2.21. The molecular weight excluding hydrogens is 335 g/mol. The second kappa shape index (κ2) is 7.24. The molecular formula is C15H17FN4O5. The molecule has 0 aliphatic carbocycles. The number of benzene rings is 1. The SMILES string of the molecule is CC(C)C[C@H]1NC(=O)N(CC(=O)Nc2cc([N+](=O)[O-])ccc2F)C1=O. The minimum atomic E-state index is -0.867. The second-order valence-electron chi connectivity index (χ2n) is 6.03. The summed E-state index contributed by atoms with van der Waals surface area (Å²) < 4.78 is 13.7. The third-order valence-corrected chi connectivity index (χ3v) is 3.55. The van der Waals surface area contributed by atoms with E-state index in [1.54, 1.807) is 0 Å². The number of nitro benzene ring substituents is 1. The van der Waals surface area contributed by atoms with Gasteiger partial charge in [-0.15, -0.1) is 0 Å². The van der Waals surface area contributed by atoms with Crippen molar-refractivity contribution in [2.24, 2.45) is 5.92 Å². The summed E-state index contributed by atoms with van der Waals surface area (Å²) in [6.45, 7) is 3.17. The lowest BCUT2D eigenvalue weighted by molar-refractivity contribution is -0.384. The first-order valence-electron chi connectivity index (χ1n) is 7.54. The molecule has 0 aromatic heterocycles. The van der Waals surface area contributed by atoms with Gasteiger partial charge in [0.2, 0.25) is 5.91 Å². The predicted octanol–water partition coefficient (Wildman–Crippen LogP) is 1.64. The van der Waals surface area contributed by atoms with Gasteiger partial charge in [-0.2, -0.15) is 0 Å². The van der Waals surface area contributed by atoms with Crippen molar-refractivity contribution in [2.75, 3.05) is 11.9 Å². The Kier molecular flexibility index (Phi) is 5.30. The Bertz CT molecular complexity index is 737. The van der Waals surface area contributed by atoms with Crippen LogP contribution in [0.15, 0.2) is 18.2 Å². The monoisotopic (exact) mass is 352 g/mol. The lowest BCUT2D eigenvalue weighted by atomic mass is 10.0. The lowest BCUT2D eigenvalue weighted by Gasteiger charge is -2.14. The van der Waals surface area contributed by atoms with Gasteiger partial charge in [-0.25, -0.2) is 9.18 Å². The molecule has 1 aliphatic heterocycles. The maximum atomic E-state index is 13.7. The summed E-state index contributed by atoms with van der Waals surface area (Å²) in [4.78, 5) is 46.7. The molecule has 2 rings (SSSR count). The molecule has 1 aliphatic rings. The summed E-state index contributed by atoms with van der Waals surface area (Å²) in [6, 6.07) is 1.26. The van der Waals surface area contributed by atoms with Gasteiger partial charge in [0.05, 0.1) is 10.6 Å². The van der Waals surface area contributed by atoms with E-state index in [9.17, 15) is 28.9 Å². The van der Waals surface area contributed by atoms with Crippen LogP contribution in [0.1, 0.15) is 20.3 Å². The Balaban J connectivity index is 2.05. The molecule has 134 valence electrons. The van der Waals surface area contributed by atoms with Crippen LogP contribution in [-0.4, -0.2) is 40.3 Å². The number of carbonyl (C=O) groups is 3. The zero-order valence-corrected chi connectivity index (χ0v) is 13.6. The van der Waals surface area contributed by atoms with Crippen molar-refractivity contribution in [1.82, 2.24) is 10.2 Å². The molecule has 4 amide bonds. The number of hydrogen-bond acceptors (Lipinski definition) is 5. The molecule has 25 heavy (non-hydrogen) atoms. The lowest BCUT2D eigenvalue weighted by Crippen LogP contribution is -2.38. The van der Waals surface area contributed by atoms with Crippen LogP contribution in [0.4, 0.5) is 20.6 Å². The number of hydrogen-bond donors (Lipinski definition) is 2. The molecule has 1 aromatic carbocycles. The molecule has 0 saturated carbocycles. The fourth-order valence-corrected chi connectivity index (χ4v) is 2.41. The van der Waals surface area contributed by atoms with Crippen LogP contribution in [-0.2, 0) is 9.59 Å². The van der Waals surface area contributed by atoms with Gasteiger partial charge in [0.1, 0.15) is 18.4 Å². The van der Waals surface area contributed by atoms with Gasteiger partial charge in [-0.05, 0) is 18.4 Å². The standard InChI is InChI=1S/C15H17FN4O5/c1-8(2)5-12-14(22)19(15(23)18-12)7-13(21)17-11-6-9(20(24)25)3-4-10(11)16/h3-4,6,8,12H,5,7H2,1-2H3,(H,17,21)(H,18,23)/t12-/m1/s1. The van der Waals surface area contributed by atoms with E-state index in [0.717, 1.165) is 23.1 Å². The Morgan fingerprint density at radius 3 is 2.72 bits per heavy atom. The molecule has 1 heterocycles. The number of non-ortho nitro benzene ring substituents is 1. The number of halogens is 1. The first-order valence-corrected chi connectivity index (χ1v) is 7.54. The normalized spacial score (nSPS) is 17.0. The van der Waals surface area contributed by atoms with Crippen LogP contribution in [0.25, 0.3) is 0 Å². The summed E-state index contributed by atoms with van der Waals surface area (Å²) in [5.41, 5.74) is -0.798. The summed E-state index contributed by atoms with van der Waals surface area (Å²) >= 11 is 0. The van der Waals surface area contributed by atoms with Crippen molar-refractivity contribution in [3.63, 3.8) is 0 Å². The van der Waals surface area contributed by atoms with Gasteiger partial charge >= 0.3 is 6.03 Å². The van der Waals surface area contributed by atoms with Gasteiger partial charge in [-0.1, -0.05) is 13.8 Å². The Morgan fingerprint density at radius 2 is 2.12 bits per heavy atom. The second-order valence-corrected chi connectivity index (χ2v) is 6.03. The quantitative estimate of drug-likeness (QED) is 0.458. The van der Waals surface area contributed by atoms with E-state index in [2.05, 4.69) is 10.6 Å². The van der Waals surface area contributed by atoms with E-state index >= 15 is 0 Å². The molecule has 1 saturated heterocycles. The summed E-state index contributed by atoms with van der Waals surface area (Å²) in [5, 5.41) is 15.3. The van der Waals surface area contributed by atoms with E-state index in [-0.39, 0.29) is 5.92 Å². The van der Waals surface area contributed by atoms with Crippen LogP contribution in [0.3, 0.4) is 0 Å². The minimum Gasteiger partial charge on any atom is -0.326 e. The molecule has 2 N–H and O–H groups in total. The van der Waals surface area contributed by atoms with E-state index in [4.69, 9.17) is 0 Å². The smallest absolute Gasteiger partial charge is 0.325 e. The van der Waals surface area contributed by atoms with Crippen molar-refractivity contribution in [3.8, 4) is 0 Å². The molecule has 1 fully saturated rings. The first kappa shape index (κ1) is 18.3. The van der Waals surface area contributed by atoms with Crippen molar-refractivity contribution >= 4 is 29.2 Å². The number of nitrogens with one attached hydrogen (secondary N) is 2. The van der Waals surface area contributed by atoms with Gasteiger partial charge in [-0.3, -0.25) is 24.6 Å². The van der Waals surface area contributed by atoms with Gasteiger partial charge < -0.3 is 10.6 Å². The van der Waals surface area contributed by atoms with Crippen LogP contribution in [0.2, 0.25) is 0 Å². The summed E-state index contributed by atoms with van der Waals surface area (Å²) in [7, 11) is 0. The fraction of sp³-hybridized carbons (Fsp3) is 0.400. The molecule has 9 nitrogen and oxygen atoms in total. The summed E-state index contributed by atoms with van der Waals surface area (Å²) in [5.74, 6) is -2.07. The molecule has 1 aromatic rings. The molecule has 0 radical (unpaired) electrons. The van der Waals surface area contributed by atoms with Crippen LogP contribution < -0.4 is 10.6 Å². The average molecular weight is 352 g/mol. The number of rotatable bonds is 6. The molecule has 1 atom stereocenters. The maximum Gasteiger partial charge on any atom is 0.325 e. The number of amides is 4. The van der Waals surface area contributed by atoms with Crippen LogP contribution in [0, 0.1) is 21.8 Å². The van der Waals surface area contributed by atoms with Crippen LogP contribution >= 0.6 is 0 Å². The number of nitrogens with zero attached hydrogens (tertiary/aromatic N) is 2. The van der Waals surface area contributed by atoms with E-state index < -0.39 is 52.5 Å². The topological polar surface area (TPSA) is 122 Å². The molecule has 10 heteroatoms. The highest BCUT2D eigenvalue weighted by atomic mass is 19.1. The highest BCUT2D eigenvalue weighted by Gasteiger charge is 2.39. The third-order valence-electron chi connectivity index (χ3n) is 3.55.